The van der Waals surface area contributed by atoms with Crippen LogP contribution in [0.4, 0.5) is 10.1 Å². The number of hydrogen-bond donors (Lipinski definition) is 2. The third-order valence-corrected chi connectivity index (χ3v) is 6.94. The van der Waals surface area contributed by atoms with Crippen molar-refractivity contribution in [3.63, 3.8) is 0 Å². The SMILES string of the molecule is CCCCN1C(=O)c2cc(C(=O)Nc3ccc(F)cc3Cl)nn2C[C@@]1(C)C(=O)NC1CCCC1. The summed E-state index contributed by atoms with van der Waals surface area (Å²) in [6, 6.07) is 5.17. The summed E-state index contributed by atoms with van der Waals surface area (Å²) in [6.07, 6.45) is 5.67. The zero-order chi connectivity index (χ0) is 24.5. The van der Waals surface area contributed by atoms with Gasteiger partial charge in [0.15, 0.2) is 5.69 Å². The molecule has 1 aliphatic carbocycles. The van der Waals surface area contributed by atoms with Gasteiger partial charge in [-0.2, -0.15) is 5.10 Å². The van der Waals surface area contributed by atoms with Crippen molar-refractivity contribution in [1.82, 2.24) is 20.0 Å². The standard InChI is InChI=1S/C24H29ClFN5O3/c1-3-4-11-30-22(33)20-13-19(21(32)28-18-10-9-15(26)12-17(18)25)29-31(20)14-24(30,2)23(34)27-16-7-5-6-8-16/h9-10,12-13,16H,3-8,11,14H2,1-2H3,(H,27,34)(H,28,32)/t24-/m0/s1. The summed E-state index contributed by atoms with van der Waals surface area (Å²) in [6.45, 7) is 4.36. The van der Waals surface area contributed by atoms with E-state index in [0.717, 1.165) is 44.6 Å². The van der Waals surface area contributed by atoms with E-state index >= 15 is 0 Å². The van der Waals surface area contributed by atoms with Crippen LogP contribution in [0, 0.1) is 5.82 Å². The quantitative estimate of drug-likeness (QED) is 0.614. The molecule has 1 aliphatic heterocycles. The Morgan fingerprint density at radius 1 is 1.26 bits per heavy atom. The zero-order valence-electron chi connectivity index (χ0n) is 19.4. The number of hydrogen-bond acceptors (Lipinski definition) is 4. The van der Waals surface area contributed by atoms with Crippen LogP contribution < -0.4 is 10.6 Å². The van der Waals surface area contributed by atoms with Crippen molar-refractivity contribution in [3.05, 3.63) is 46.5 Å². The molecule has 3 amide bonds. The third-order valence-electron chi connectivity index (χ3n) is 6.62. The summed E-state index contributed by atoms with van der Waals surface area (Å²) in [5.74, 6) is -1.64. The average molecular weight is 490 g/mol. The number of halogens is 2. The monoisotopic (exact) mass is 489 g/mol. The molecule has 0 bridgehead atoms. The molecule has 2 aliphatic rings. The Labute approximate surface area is 202 Å². The first-order valence-corrected chi connectivity index (χ1v) is 12.1. The van der Waals surface area contributed by atoms with E-state index in [0.29, 0.717) is 6.54 Å². The predicted octanol–water partition coefficient (Wildman–Crippen LogP) is 4.00. The summed E-state index contributed by atoms with van der Waals surface area (Å²) in [5, 5.41) is 10.1. The number of aromatic nitrogens is 2. The Kier molecular flexibility index (Phi) is 6.93. The van der Waals surface area contributed by atoms with Gasteiger partial charge in [-0.25, -0.2) is 4.39 Å². The molecule has 1 atom stereocenters. The number of nitrogens with zero attached hydrogens (tertiary/aromatic N) is 3. The third kappa shape index (κ3) is 4.66. The number of rotatable bonds is 7. The molecule has 2 N–H and O–H groups in total. The van der Waals surface area contributed by atoms with Gasteiger partial charge >= 0.3 is 0 Å². The van der Waals surface area contributed by atoms with E-state index in [2.05, 4.69) is 15.7 Å². The molecule has 4 rings (SSSR count). The minimum Gasteiger partial charge on any atom is -0.351 e. The maximum Gasteiger partial charge on any atom is 0.276 e. The molecule has 1 fully saturated rings. The Bertz CT molecular complexity index is 1110. The molecule has 2 aromatic rings. The molecule has 2 heterocycles. The second-order valence-electron chi connectivity index (χ2n) is 9.19. The van der Waals surface area contributed by atoms with Crippen molar-refractivity contribution < 1.29 is 18.8 Å². The van der Waals surface area contributed by atoms with Gasteiger partial charge in [-0.3, -0.25) is 19.1 Å². The van der Waals surface area contributed by atoms with Crippen LogP contribution in [0.2, 0.25) is 5.02 Å². The molecule has 0 saturated heterocycles. The number of anilines is 1. The summed E-state index contributed by atoms with van der Waals surface area (Å²) in [4.78, 5) is 41.3. The molecule has 34 heavy (non-hydrogen) atoms. The van der Waals surface area contributed by atoms with E-state index in [1.807, 2.05) is 6.92 Å². The van der Waals surface area contributed by atoms with E-state index in [-0.39, 0.29) is 46.5 Å². The number of carbonyl (C=O) groups excluding carboxylic acids is 3. The van der Waals surface area contributed by atoms with Gasteiger partial charge in [0.05, 0.1) is 17.3 Å². The number of benzene rings is 1. The van der Waals surface area contributed by atoms with Crippen molar-refractivity contribution in [3.8, 4) is 0 Å². The van der Waals surface area contributed by atoms with Crippen molar-refractivity contribution in [1.29, 1.82) is 0 Å². The second kappa shape index (κ2) is 9.74. The highest BCUT2D eigenvalue weighted by Crippen LogP contribution is 2.30. The Morgan fingerprint density at radius 3 is 2.68 bits per heavy atom. The first kappa shape index (κ1) is 24.2. The molecule has 1 saturated carbocycles. The molecule has 182 valence electrons. The number of fused-ring (bicyclic) bond motifs is 1. The van der Waals surface area contributed by atoms with Gasteiger partial charge in [0.1, 0.15) is 17.1 Å². The van der Waals surface area contributed by atoms with Crippen LogP contribution in [-0.2, 0) is 11.3 Å². The van der Waals surface area contributed by atoms with E-state index in [1.165, 1.54) is 22.9 Å². The summed E-state index contributed by atoms with van der Waals surface area (Å²) >= 11 is 6.01. The number of nitrogens with one attached hydrogen (secondary N) is 2. The van der Waals surface area contributed by atoms with Crippen LogP contribution in [0.15, 0.2) is 24.3 Å². The van der Waals surface area contributed by atoms with E-state index in [1.54, 1.807) is 11.8 Å². The Hall–Kier alpha value is -2.94. The summed E-state index contributed by atoms with van der Waals surface area (Å²) < 4.78 is 14.7. The van der Waals surface area contributed by atoms with Crippen LogP contribution in [0.3, 0.4) is 0 Å². The van der Waals surface area contributed by atoms with Crippen molar-refractivity contribution in [2.45, 2.75) is 70.5 Å². The number of amides is 3. The Morgan fingerprint density at radius 2 is 2.00 bits per heavy atom. The minimum absolute atomic E-state index is 0.0136. The Balaban J connectivity index is 1.60. The molecule has 0 unspecified atom stereocenters. The number of carbonyl (C=O) groups is 3. The summed E-state index contributed by atoms with van der Waals surface area (Å²) in [7, 11) is 0. The molecule has 8 nitrogen and oxygen atoms in total. The van der Waals surface area contributed by atoms with Gasteiger partial charge in [0.25, 0.3) is 11.8 Å². The van der Waals surface area contributed by atoms with Gasteiger partial charge in [0.2, 0.25) is 5.91 Å². The van der Waals surface area contributed by atoms with Crippen molar-refractivity contribution in [2.24, 2.45) is 0 Å². The van der Waals surface area contributed by atoms with Crippen LogP contribution in [0.5, 0.6) is 0 Å². The second-order valence-corrected chi connectivity index (χ2v) is 9.60. The minimum atomic E-state index is -1.12. The fourth-order valence-electron chi connectivity index (χ4n) is 4.61. The molecule has 0 radical (unpaired) electrons. The highest BCUT2D eigenvalue weighted by molar-refractivity contribution is 6.33. The smallest absolute Gasteiger partial charge is 0.276 e. The first-order valence-electron chi connectivity index (χ1n) is 11.7. The van der Waals surface area contributed by atoms with Crippen LogP contribution in [0.1, 0.15) is 73.3 Å². The van der Waals surface area contributed by atoms with Gasteiger partial charge in [-0.15, -0.1) is 0 Å². The lowest BCUT2D eigenvalue weighted by atomic mass is 9.94. The normalized spacial score (nSPS) is 20.4. The summed E-state index contributed by atoms with van der Waals surface area (Å²) in [5.41, 5.74) is -0.630. The van der Waals surface area contributed by atoms with Gasteiger partial charge in [0, 0.05) is 18.7 Å². The fourth-order valence-corrected chi connectivity index (χ4v) is 4.82. The molecular weight excluding hydrogens is 461 g/mol. The molecule has 0 spiro atoms. The molecule has 10 heteroatoms. The maximum absolute atomic E-state index is 13.5. The van der Waals surface area contributed by atoms with Crippen LogP contribution in [-0.4, -0.2) is 50.5 Å². The topological polar surface area (TPSA) is 96.3 Å². The highest BCUT2D eigenvalue weighted by Gasteiger charge is 2.48. The molecule has 1 aromatic heterocycles. The lowest BCUT2D eigenvalue weighted by Gasteiger charge is -2.43. The first-order chi connectivity index (χ1) is 16.2. The van der Waals surface area contributed by atoms with Gasteiger partial charge < -0.3 is 15.5 Å². The van der Waals surface area contributed by atoms with Gasteiger partial charge in [-0.1, -0.05) is 37.8 Å². The molecule has 1 aromatic carbocycles. The van der Waals surface area contributed by atoms with Crippen molar-refractivity contribution >= 4 is 35.0 Å². The van der Waals surface area contributed by atoms with Crippen molar-refractivity contribution in [2.75, 3.05) is 11.9 Å². The molecular formula is C24H29ClFN5O3. The van der Waals surface area contributed by atoms with Crippen LogP contribution >= 0.6 is 11.6 Å². The maximum atomic E-state index is 13.5. The highest BCUT2D eigenvalue weighted by atomic mass is 35.5. The van der Waals surface area contributed by atoms with Gasteiger partial charge in [-0.05, 0) is 44.4 Å². The lowest BCUT2D eigenvalue weighted by molar-refractivity contribution is -0.133. The number of unbranched alkanes of at least 4 members (excludes halogenated alkanes) is 1. The van der Waals surface area contributed by atoms with Crippen LogP contribution in [0.25, 0.3) is 0 Å². The average Bonchev–Trinajstić information content (AvgIpc) is 3.45. The predicted molar refractivity (Wildman–Crippen MR) is 126 cm³/mol. The van der Waals surface area contributed by atoms with E-state index in [4.69, 9.17) is 11.6 Å². The zero-order valence-corrected chi connectivity index (χ0v) is 20.1. The van der Waals surface area contributed by atoms with E-state index < -0.39 is 17.3 Å². The van der Waals surface area contributed by atoms with E-state index in [9.17, 15) is 18.8 Å². The fraction of sp³-hybridized carbons (Fsp3) is 0.500. The lowest BCUT2D eigenvalue weighted by Crippen LogP contribution is -2.65. The largest absolute Gasteiger partial charge is 0.351 e.